The average molecular weight is 520 g/mol. The van der Waals surface area contributed by atoms with Crippen molar-refractivity contribution in [3.8, 4) is 34.8 Å². The highest BCUT2D eigenvalue weighted by Gasteiger charge is 2.56. The van der Waals surface area contributed by atoms with Crippen molar-refractivity contribution >= 4 is 5.97 Å². The summed E-state index contributed by atoms with van der Waals surface area (Å²) < 4.78 is 23.3. The molecular weight excluding hydrogens is 486 g/mol. The van der Waals surface area contributed by atoms with E-state index in [1.54, 1.807) is 7.11 Å². The number of hydrogen-bond acceptors (Lipinski definition) is 9. The summed E-state index contributed by atoms with van der Waals surface area (Å²) in [6.45, 7) is 7.42. The fraction of sp³-hybridized carbons (Fsp3) is 0.517. The predicted molar refractivity (Wildman–Crippen MR) is 138 cm³/mol. The molecule has 0 aromatic heterocycles. The molecule has 2 aromatic carbocycles. The summed E-state index contributed by atoms with van der Waals surface area (Å²) in [5, 5.41) is 22.0. The van der Waals surface area contributed by atoms with Crippen LogP contribution in [0.3, 0.4) is 0 Å². The third-order valence-electron chi connectivity index (χ3n) is 8.90. The van der Waals surface area contributed by atoms with Gasteiger partial charge in [0.15, 0.2) is 23.0 Å². The Morgan fingerprint density at radius 3 is 2.58 bits per heavy atom. The average Bonchev–Trinajstić information content (AvgIpc) is 3.36. The molecule has 0 aliphatic carbocycles. The Hall–Kier alpha value is -3.48. The highest BCUT2D eigenvalue weighted by Crippen LogP contribution is 2.58. The number of fused-ring (bicyclic) bond motifs is 9. The zero-order chi connectivity index (χ0) is 27.0. The first-order chi connectivity index (χ1) is 18.2. The Balaban J connectivity index is 1.62. The lowest BCUT2D eigenvalue weighted by Crippen LogP contribution is -2.68. The molecule has 2 bridgehead atoms. The maximum absolute atomic E-state index is 12.2. The van der Waals surface area contributed by atoms with Gasteiger partial charge in [-0.15, -0.1) is 0 Å². The number of piperazine rings is 1. The predicted octanol–water partition coefficient (Wildman–Crippen LogP) is 3.85. The minimum absolute atomic E-state index is 0.0554. The zero-order valence-electron chi connectivity index (χ0n) is 22.6. The highest BCUT2D eigenvalue weighted by atomic mass is 16.7. The van der Waals surface area contributed by atoms with Gasteiger partial charge < -0.3 is 24.1 Å². The summed E-state index contributed by atoms with van der Waals surface area (Å²) in [7, 11) is 3.61. The van der Waals surface area contributed by atoms with Crippen LogP contribution in [0.1, 0.15) is 65.7 Å². The van der Waals surface area contributed by atoms with E-state index in [-0.39, 0.29) is 42.8 Å². The third-order valence-corrected chi connectivity index (χ3v) is 8.90. The third kappa shape index (κ3) is 3.20. The number of esters is 1. The smallest absolute Gasteiger partial charge is 0.308 e. The number of likely N-dealkylation sites (N-methyl/N-ethyl adjacent to an activating group) is 1. The van der Waals surface area contributed by atoms with Crippen LogP contribution in [0, 0.1) is 25.2 Å². The summed E-state index contributed by atoms with van der Waals surface area (Å²) >= 11 is 0. The second kappa shape index (κ2) is 8.79. The first kappa shape index (κ1) is 24.8. The summed E-state index contributed by atoms with van der Waals surface area (Å²) in [6, 6.07) is 3.77. The van der Waals surface area contributed by atoms with E-state index in [2.05, 4.69) is 28.9 Å². The SMILES string of the molecule is CCC1c2c(c(OC(C)=O)c(C)c3c2OCO3)CC2[C@H]3c4c(cc(C)c(OC)c4O)CC(C(C#N)N12)N3C. The summed E-state index contributed by atoms with van der Waals surface area (Å²) in [5.74, 6) is 2.03. The number of phenolic OH excluding ortho intramolecular Hbond substituents is 1. The van der Waals surface area contributed by atoms with E-state index in [4.69, 9.17) is 18.9 Å². The van der Waals surface area contributed by atoms with Crippen LogP contribution < -0.4 is 18.9 Å². The molecule has 6 rings (SSSR count). The number of phenols is 1. The van der Waals surface area contributed by atoms with E-state index in [1.807, 2.05) is 20.9 Å². The lowest BCUT2D eigenvalue weighted by Gasteiger charge is -2.60. The van der Waals surface area contributed by atoms with Crippen molar-refractivity contribution in [1.29, 1.82) is 5.26 Å². The maximum Gasteiger partial charge on any atom is 0.308 e. The Bertz CT molecular complexity index is 1400. The molecule has 38 heavy (non-hydrogen) atoms. The van der Waals surface area contributed by atoms with E-state index in [0.717, 1.165) is 39.8 Å². The van der Waals surface area contributed by atoms with Crippen molar-refractivity contribution in [3.63, 3.8) is 0 Å². The number of ether oxygens (including phenoxy) is 4. The Morgan fingerprint density at radius 1 is 1.18 bits per heavy atom. The second-order valence-electron chi connectivity index (χ2n) is 10.8. The van der Waals surface area contributed by atoms with Crippen LogP contribution >= 0.6 is 0 Å². The van der Waals surface area contributed by atoms with Gasteiger partial charge in [0.2, 0.25) is 6.79 Å². The molecule has 5 atom stereocenters. The first-order valence-electron chi connectivity index (χ1n) is 13.1. The fourth-order valence-electron chi connectivity index (χ4n) is 7.52. The van der Waals surface area contributed by atoms with Crippen molar-refractivity contribution < 1.29 is 28.8 Å². The molecule has 1 saturated heterocycles. The molecule has 0 spiro atoms. The Morgan fingerprint density at radius 2 is 1.92 bits per heavy atom. The molecule has 0 saturated carbocycles. The van der Waals surface area contributed by atoms with Crippen LogP contribution in [0.15, 0.2) is 6.07 Å². The standard InChI is InChI=1S/C29H33N3O6/c1-7-18-23-17(27(38-15(4)33)14(3)28-29(23)37-12-36-28)10-20-24-22-16(8-13(2)26(35-6)25(22)34)9-19(31(24)5)21(11-30)32(18)20/h8,18-21,24,34H,7,9-10,12H2,1-6H3/t18?,19?,20?,21?,24-/m0/s1. The van der Waals surface area contributed by atoms with Crippen molar-refractivity contribution in [2.75, 3.05) is 21.0 Å². The van der Waals surface area contributed by atoms with E-state index in [0.29, 0.717) is 35.8 Å². The fourth-order valence-corrected chi connectivity index (χ4v) is 7.52. The van der Waals surface area contributed by atoms with Crippen LogP contribution in [0.2, 0.25) is 0 Å². The van der Waals surface area contributed by atoms with Crippen molar-refractivity contribution in [2.24, 2.45) is 0 Å². The number of aryl methyl sites for hydroxylation is 1. The summed E-state index contributed by atoms with van der Waals surface area (Å²) in [6.07, 6.45) is 1.88. The van der Waals surface area contributed by atoms with E-state index in [1.165, 1.54) is 6.92 Å². The van der Waals surface area contributed by atoms with Gasteiger partial charge in [0.1, 0.15) is 11.8 Å². The number of aromatic hydroxyl groups is 1. The molecule has 9 nitrogen and oxygen atoms in total. The van der Waals surface area contributed by atoms with Gasteiger partial charge >= 0.3 is 5.97 Å². The van der Waals surface area contributed by atoms with Gasteiger partial charge in [-0.25, -0.2) is 0 Å². The quantitative estimate of drug-likeness (QED) is 0.478. The Labute approximate surface area is 222 Å². The number of carbonyl (C=O) groups excluding carboxylic acids is 1. The number of benzene rings is 2. The molecule has 0 amide bonds. The highest BCUT2D eigenvalue weighted by molar-refractivity contribution is 5.74. The van der Waals surface area contributed by atoms with Gasteiger partial charge in [0, 0.05) is 47.3 Å². The van der Waals surface area contributed by atoms with E-state index >= 15 is 0 Å². The van der Waals surface area contributed by atoms with E-state index < -0.39 is 5.97 Å². The maximum atomic E-state index is 12.2. The van der Waals surface area contributed by atoms with Crippen LogP contribution in [-0.2, 0) is 17.6 Å². The van der Waals surface area contributed by atoms with Crippen LogP contribution in [0.4, 0.5) is 0 Å². The lowest BCUT2D eigenvalue weighted by molar-refractivity contribution is -0.132. The normalized spacial score (nSPS) is 27.1. The number of rotatable bonds is 3. The lowest BCUT2D eigenvalue weighted by atomic mass is 9.71. The molecule has 4 unspecified atom stereocenters. The van der Waals surface area contributed by atoms with Crippen LogP contribution in [-0.4, -0.2) is 60.0 Å². The molecule has 9 heteroatoms. The van der Waals surface area contributed by atoms with Crippen molar-refractivity contribution in [3.05, 3.63) is 39.4 Å². The van der Waals surface area contributed by atoms with Crippen LogP contribution in [0.5, 0.6) is 28.7 Å². The van der Waals surface area contributed by atoms with Gasteiger partial charge in [0.25, 0.3) is 0 Å². The van der Waals surface area contributed by atoms with Crippen molar-refractivity contribution in [2.45, 2.75) is 77.2 Å². The molecule has 1 N–H and O–H groups in total. The minimum atomic E-state index is -0.402. The largest absolute Gasteiger partial charge is 0.504 e. The molecule has 0 radical (unpaired) electrons. The number of methoxy groups -OCH3 is 1. The number of nitriles is 1. The molecule has 200 valence electrons. The van der Waals surface area contributed by atoms with Gasteiger partial charge in [-0.05, 0) is 51.3 Å². The molecule has 4 aliphatic rings. The molecule has 2 aromatic rings. The van der Waals surface area contributed by atoms with E-state index in [9.17, 15) is 15.2 Å². The monoisotopic (exact) mass is 519 g/mol. The summed E-state index contributed by atoms with van der Waals surface area (Å²) in [4.78, 5) is 16.8. The van der Waals surface area contributed by atoms with Gasteiger partial charge in [-0.2, -0.15) is 5.26 Å². The molecule has 4 aliphatic heterocycles. The van der Waals surface area contributed by atoms with Gasteiger partial charge in [-0.1, -0.05) is 13.0 Å². The van der Waals surface area contributed by atoms with Crippen LogP contribution in [0.25, 0.3) is 0 Å². The first-order valence-corrected chi connectivity index (χ1v) is 13.1. The minimum Gasteiger partial charge on any atom is -0.504 e. The summed E-state index contributed by atoms with van der Waals surface area (Å²) in [5.41, 5.74) is 5.35. The number of nitrogens with zero attached hydrogens (tertiary/aromatic N) is 3. The number of hydrogen-bond donors (Lipinski definition) is 1. The second-order valence-corrected chi connectivity index (χ2v) is 10.8. The molecular formula is C29H33N3O6. The molecule has 1 fully saturated rings. The van der Waals surface area contributed by atoms with Gasteiger partial charge in [-0.3, -0.25) is 14.6 Å². The van der Waals surface area contributed by atoms with Gasteiger partial charge in [0.05, 0.1) is 19.2 Å². The zero-order valence-corrected chi connectivity index (χ0v) is 22.6. The number of carbonyl (C=O) groups is 1. The molecule has 4 heterocycles. The Kier molecular flexibility index (Phi) is 5.74. The van der Waals surface area contributed by atoms with Crippen molar-refractivity contribution in [1.82, 2.24) is 9.80 Å². The topological polar surface area (TPSA) is 104 Å².